The Morgan fingerprint density at radius 3 is 1.29 bits per heavy atom. The number of hydrogen-bond acceptors (Lipinski definition) is 7. The molecular weight excluding hydrogens is 769 g/mol. The second kappa shape index (κ2) is 34.4. The van der Waals surface area contributed by atoms with Crippen molar-refractivity contribution in [1.82, 2.24) is 4.98 Å². The number of carbonyl (C=O) groups is 2. The summed E-state index contributed by atoms with van der Waals surface area (Å²) in [5.41, 5.74) is 2.21. The van der Waals surface area contributed by atoms with E-state index in [1.54, 1.807) is 0 Å². The van der Waals surface area contributed by atoms with Crippen LogP contribution < -0.4 is 5.23 Å². The van der Waals surface area contributed by atoms with Crippen LogP contribution in [-0.4, -0.2) is 16.9 Å². The Hall–Kier alpha value is -4.13. The molecule has 0 saturated heterocycles. The van der Waals surface area contributed by atoms with E-state index < -0.39 is 11.9 Å². The third kappa shape index (κ3) is 21.8. The van der Waals surface area contributed by atoms with Gasteiger partial charge in [-0.25, -0.2) is 9.59 Å². The van der Waals surface area contributed by atoms with Crippen LogP contribution in [0.5, 0.6) is 0 Å². The molecule has 0 radical (unpaired) electrons. The minimum absolute atomic E-state index is 0.0943. The minimum Gasteiger partial charge on any atom is -0.418 e. The molecule has 1 heterocycles. The number of oxazole rings is 1. The molecule has 2 atom stereocenters. The van der Waals surface area contributed by atoms with Crippen LogP contribution in [0.25, 0.3) is 22.6 Å². The SMILES string of the molecule is CCCCCCCC/C=C\CCCCCCC(CC)C(=O)ON(OC(=O)C(CC)CCCCCC/C=C\CCCCCCCC)c1nc(-c2ccccc2)c(-c2ccccc2)o1. The van der Waals surface area contributed by atoms with E-state index in [1.807, 2.05) is 74.5 Å². The van der Waals surface area contributed by atoms with Gasteiger partial charge in [-0.1, -0.05) is 215 Å². The van der Waals surface area contributed by atoms with Gasteiger partial charge in [-0.15, -0.1) is 0 Å². The molecule has 0 aliphatic carbocycles. The molecule has 62 heavy (non-hydrogen) atoms. The van der Waals surface area contributed by atoms with Gasteiger partial charge in [-0.3, -0.25) is 0 Å². The molecule has 0 saturated carbocycles. The van der Waals surface area contributed by atoms with Crippen LogP contribution in [0.1, 0.15) is 207 Å². The quantitative estimate of drug-likeness (QED) is 0.0324. The molecule has 7 nitrogen and oxygen atoms in total. The van der Waals surface area contributed by atoms with Gasteiger partial charge in [0.15, 0.2) is 5.76 Å². The third-order valence-electron chi connectivity index (χ3n) is 12.0. The van der Waals surface area contributed by atoms with E-state index in [0.29, 0.717) is 37.1 Å². The highest BCUT2D eigenvalue weighted by Gasteiger charge is 2.32. The molecule has 0 amide bonds. The van der Waals surface area contributed by atoms with Gasteiger partial charge in [0.25, 0.3) is 0 Å². The average Bonchev–Trinajstić information content (AvgIpc) is 3.75. The number of aromatic nitrogens is 1. The summed E-state index contributed by atoms with van der Waals surface area (Å²) in [5, 5.41) is 0.851. The Morgan fingerprint density at radius 2 is 0.887 bits per heavy atom. The van der Waals surface area contributed by atoms with Crippen LogP contribution in [0.4, 0.5) is 6.01 Å². The topological polar surface area (TPSA) is 81.9 Å². The second-order valence-electron chi connectivity index (χ2n) is 17.2. The Balaban J connectivity index is 1.58. The molecular formula is C55H84N2O5. The molecule has 0 bridgehead atoms. The van der Waals surface area contributed by atoms with Crippen LogP contribution in [0, 0.1) is 11.8 Å². The molecule has 0 spiro atoms. The Labute approximate surface area is 377 Å². The van der Waals surface area contributed by atoms with E-state index in [-0.39, 0.29) is 17.9 Å². The molecule has 2 unspecified atom stereocenters. The van der Waals surface area contributed by atoms with E-state index in [9.17, 15) is 9.59 Å². The lowest BCUT2D eigenvalue weighted by molar-refractivity contribution is -0.182. The maximum atomic E-state index is 13.9. The van der Waals surface area contributed by atoms with E-state index >= 15 is 0 Å². The first kappa shape index (κ1) is 52.2. The van der Waals surface area contributed by atoms with Gasteiger partial charge in [0, 0.05) is 16.4 Å². The zero-order valence-electron chi connectivity index (χ0n) is 39.5. The fourth-order valence-electron chi connectivity index (χ4n) is 7.92. The maximum Gasteiger partial charge on any atom is 0.372 e. The van der Waals surface area contributed by atoms with Crippen molar-refractivity contribution in [2.45, 2.75) is 207 Å². The molecule has 0 aliphatic rings. The van der Waals surface area contributed by atoms with Gasteiger partial charge in [0.05, 0.1) is 11.8 Å². The third-order valence-corrected chi connectivity index (χ3v) is 12.0. The zero-order chi connectivity index (χ0) is 44.3. The first-order valence-electron chi connectivity index (χ1n) is 25.2. The fraction of sp³-hybridized carbons (Fsp3) is 0.618. The molecule has 2 aromatic carbocycles. The monoisotopic (exact) mass is 853 g/mol. The van der Waals surface area contributed by atoms with Crippen molar-refractivity contribution in [1.29, 1.82) is 0 Å². The number of unbranched alkanes of at least 4 members (excludes halogenated alkanes) is 20. The van der Waals surface area contributed by atoms with Crippen molar-refractivity contribution < 1.29 is 23.7 Å². The predicted molar refractivity (Wildman–Crippen MR) is 259 cm³/mol. The van der Waals surface area contributed by atoms with Gasteiger partial charge in [0.1, 0.15) is 5.69 Å². The summed E-state index contributed by atoms with van der Waals surface area (Å²) >= 11 is 0. The van der Waals surface area contributed by atoms with Crippen LogP contribution in [0.15, 0.2) is 89.4 Å². The normalized spacial score (nSPS) is 12.6. The van der Waals surface area contributed by atoms with Crippen LogP contribution in [0.2, 0.25) is 0 Å². The van der Waals surface area contributed by atoms with Gasteiger partial charge in [0.2, 0.25) is 0 Å². The van der Waals surface area contributed by atoms with Crippen molar-refractivity contribution in [2.24, 2.45) is 11.8 Å². The van der Waals surface area contributed by atoms with Gasteiger partial charge in [-0.05, 0) is 77.0 Å². The van der Waals surface area contributed by atoms with Crippen molar-refractivity contribution in [3.05, 3.63) is 85.0 Å². The van der Waals surface area contributed by atoms with E-state index in [4.69, 9.17) is 19.1 Å². The zero-order valence-corrected chi connectivity index (χ0v) is 39.5. The highest BCUT2D eigenvalue weighted by atomic mass is 17.0. The van der Waals surface area contributed by atoms with E-state index in [1.165, 1.54) is 89.9 Å². The number of anilines is 1. The summed E-state index contributed by atoms with van der Waals surface area (Å²) in [5.74, 6) is -1.10. The fourth-order valence-corrected chi connectivity index (χ4v) is 7.92. The smallest absolute Gasteiger partial charge is 0.372 e. The van der Waals surface area contributed by atoms with E-state index in [0.717, 1.165) is 80.6 Å². The Morgan fingerprint density at radius 1 is 0.516 bits per heavy atom. The summed E-state index contributed by atoms with van der Waals surface area (Å²) < 4.78 is 6.37. The summed E-state index contributed by atoms with van der Waals surface area (Å²) in [4.78, 5) is 44.5. The van der Waals surface area contributed by atoms with Crippen molar-refractivity contribution >= 4 is 18.0 Å². The number of hydrogen-bond donors (Lipinski definition) is 0. The highest BCUT2D eigenvalue weighted by molar-refractivity contribution is 5.79. The lowest BCUT2D eigenvalue weighted by Gasteiger charge is -2.22. The molecule has 3 rings (SSSR count). The molecule has 344 valence electrons. The lowest BCUT2D eigenvalue weighted by Crippen LogP contribution is -2.35. The highest BCUT2D eigenvalue weighted by Crippen LogP contribution is 2.36. The number of carbonyl (C=O) groups excluding carboxylic acids is 2. The largest absolute Gasteiger partial charge is 0.418 e. The van der Waals surface area contributed by atoms with Crippen LogP contribution in [-0.2, 0) is 19.3 Å². The maximum absolute atomic E-state index is 13.9. The Bertz CT molecular complexity index is 1500. The molecule has 3 aromatic rings. The number of benzene rings is 2. The number of nitrogens with zero attached hydrogens (tertiary/aromatic N) is 2. The van der Waals surface area contributed by atoms with Gasteiger partial charge < -0.3 is 14.1 Å². The lowest BCUT2D eigenvalue weighted by atomic mass is 9.98. The second-order valence-corrected chi connectivity index (χ2v) is 17.2. The summed E-state index contributed by atoms with van der Waals surface area (Å²) in [6.45, 7) is 8.53. The number of allylic oxidation sites excluding steroid dienone is 4. The van der Waals surface area contributed by atoms with Gasteiger partial charge >= 0.3 is 18.0 Å². The standard InChI is InChI=1S/C55H84N2O5/c1-5-9-11-13-15-17-19-21-23-25-27-29-31-35-41-47(7-3)53(58)61-57(55-56-51(49-43-37-33-38-44-49)52(60-55)50-45-39-34-40-46-50)62-54(59)48(8-4)42-36-32-30-28-26-24-22-20-18-16-14-12-10-6-2/h21-24,33-34,37-40,43-48H,5-20,25-32,35-36,41-42H2,1-4H3/b23-21-,24-22-. The molecule has 1 aromatic heterocycles. The molecule has 7 heteroatoms. The summed E-state index contributed by atoms with van der Waals surface area (Å²) in [7, 11) is 0. The molecule has 0 fully saturated rings. The predicted octanol–water partition coefficient (Wildman–Crippen LogP) is 17.1. The van der Waals surface area contributed by atoms with E-state index in [2.05, 4.69) is 38.2 Å². The first-order valence-corrected chi connectivity index (χ1v) is 25.2. The summed E-state index contributed by atoms with van der Waals surface area (Å²) in [6.07, 6.45) is 41.2. The molecule has 0 N–H and O–H groups in total. The van der Waals surface area contributed by atoms with Gasteiger partial charge in [-0.2, -0.15) is 4.98 Å². The van der Waals surface area contributed by atoms with Crippen molar-refractivity contribution in [2.75, 3.05) is 5.23 Å². The average molecular weight is 853 g/mol. The first-order chi connectivity index (χ1) is 30.5. The van der Waals surface area contributed by atoms with Crippen molar-refractivity contribution in [3.8, 4) is 22.6 Å². The molecule has 0 aliphatic heterocycles. The van der Waals surface area contributed by atoms with Crippen molar-refractivity contribution in [3.63, 3.8) is 0 Å². The van der Waals surface area contributed by atoms with Crippen LogP contribution in [0.3, 0.4) is 0 Å². The summed E-state index contributed by atoms with van der Waals surface area (Å²) in [6, 6.07) is 19.3. The minimum atomic E-state index is -0.451. The Kier molecular flexibility index (Phi) is 28.9. The van der Waals surface area contributed by atoms with Crippen LogP contribution >= 0.6 is 0 Å². The number of rotatable bonds is 37.